The van der Waals surface area contributed by atoms with E-state index < -0.39 is 6.43 Å². The molecule has 0 spiro atoms. The van der Waals surface area contributed by atoms with Crippen molar-refractivity contribution >= 4 is 33.7 Å². The molecule has 0 saturated heterocycles. The standard InChI is InChI=1S/C17H21F2N3O2S2/c1-3-4-5-24-11-6-10(7-11)15(23)22-17-21-12(8-25-17)13-9(2)20-16(26-13)14(18)19/h8,10-11,14H,3-7H2,1-2H3,(H,21,22,23). The Kier molecular flexibility index (Phi) is 6.31. The summed E-state index contributed by atoms with van der Waals surface area (Å²) in [5.74, 6) is -0.111. The fourth-order valence-corrected chi connectivity index (χ4v) is 4.36. The van der Waals surface area contributed by atoms with Gasteiger partial charge in [0.15, 0.2) is 10.1 Å². The number of thiazole rings is 2. The first-order valence-electron chi connectivity index (χ1n) is 8.61. The van der Waals surface area contributed by atoms with Gasteiger partial charge in [0.1, 0.15) is 0 Å². The van der Waals surface area contributed by atoms with E-state index in [0.29, 0.717) is 21.4 Å². The number of aromatic nitrogens is 2. The quantitative estimate of drug-likeness (QED) is 0.629. The first kappa shape index (κ1) is 19.3. The Balaban J connectivity index is 1.54. The average molecular weight is 402 g/mol. The van der Waals surface area contributed by atoms with E-state index in [4.69, 9.17) is 4.74 Å². The molecule has 142 valence electrons. The van der Waals surface area contributed by atoms with Crippen LogP contribution in [-0.4, -0.2) is 28.6 Å². The normalized spacial score (nSPS) is 19.6. The molecule has 5 nitrogen and oxygen atoms in total. The predicted molar refractivity (Wildman–Crippen MR) is 98.9 cm³/mol. The molecule has 0 bridgehead atoms. The smallest absolute Gasteiger partial charge is 0.289 e. The second-order valence-electron chi connectivity index (χ2n) is 6.31. The molecule has 0 aromatic carbocycles. The lowest BCUT2D eigenvalue weighted by Gasteiger charge is -2.33. The van der Waals surface area contributed by atoms with Gasteiger partial charge in [0, 0.05) is 17.9 Å². The molecule has 2 heterocycles. The van der Waals surface area contributed by atoms with Gasteiger partial charge < -0.3 is 10.1 Å². The lowest BCUT2D eigenvalue weighted by Crippen LogP contribution is -2.39. The Morgan fingerprint density at radius 1 is 1.42 bits per heavy atom. The van der Waals surface area contributed by atoms with Crippen LogP contribution in [0, 0.1) is 12.8 Å². The molecule has 9 heteroatoms. The predicted octanol–water partition coefficient (Wildman–Crippen LogP) is 5.05. The second kappa shape index (κ2) is 8.49. The molecule has 1 aliphatic carbocycles. The van der Waals surface area contributed by atoms with Crippen LogP contribution in [-0.2, 0) is 9.53 Å². The molecule has 0 unspecified atom stereocenters. The van der Waals surface area contributed by atoms with Gasteiger partial charge >= 0.3 is 0 Å². The number of carbonyl (C=O) groups excluding carboxylic acids is 1. The number of hydrogen-bond donors (Lipinski definition) is 1. The molecule has 2 aromatic heterocycles. The number of carbonyl (C=O) groups is 1. The number of aryl methyl sites for hydroxylation is 1. The Hall–Kier alpha value is -1.45. The van der Waals surface area contributed by atoms with Gasteiger partial charge in [-0.1, -0.05) is 13.3 Å². The van der Waals surface area contributed by atoms with Crippen LogP contribution in [0.5, 0.6) is 0 Å². The molecule has 26 heavy (non-hydrogen) atoms. The van der Waals surface area contributed by atoms with Crippen molar-refractivity contribution in [1.29, 1.82) is 0 Å². The lowest BCUT2D eigenvalue weighted by molar-refractivity contribution is -0.128. The third-order valence-corrected chi connectivity index (χ3v) is 6.23. The fraction of sp³-hybridized carbons (Fsp3) is 0.588. The van der Waals surface area contributed by atoms with Crippen molar-refractivity contribution in [1.82, 2.24) is 9.97 Å². The zero-order valence-electron chi connectivity index (χ0n) is 14.6. The van der Waals surface area contributed by atoms with Crippen molar-refractivity contribution < 1.29 is 18.3 Å². The number of rotatable bonds is 8. The Morgan fingerprint density at radius 2 is 2.19 bits per heavy atom. The number of hydrogen-bond acceptors (Lipinski definition) is 6. The molecule has 3 rings (SSSR count). The number of ether oxygens (including phenoxy) is 1. The van der Waals surface area contributed by atoms with Crippen molar-refractivity contribution in [3.05, 3.63) is 16.1 Å². The minimum absolute atomic E-state index is 0.0513. The third kappa shape index (κ3) is 4.44. The molecule has 2 aromatic rings. The van der Waals surface area contributed by atoms with Crippen LogP contribution in [0.1, 0.15) is 49.7 Å². The maximum atomic E-state index is 12.8. The van der Waals surface area contributed by atoms with E-state index in [1.54, 1.807) is 12.3 Å². The van der Waals surface area contributed by atoms with Crippen LogP contribution in [0.15, 0.2) is 5.38 Å². The third-order valence-electron chi connectivity index (χ3n) is 4.28. The Bertz CT molecular complexity index is 757. The highest BCUT2D eigenvalue weighted by atomic mass is 32.1. The number of alkyl halides is 2. The maximum Gasteiger partial charge on any atom is 0.289 e. The van der Waals surface area contributed by atoms with Crippen LogP contribution in [0.4, 0.5) is 13.9 Å². The molecule has 1 saturated carbocycles. The van der Waals surface area contributed by atoms with E-state index in [0.717, 1.165) is 43.6 Å². The molecule has 0 aliphatic heterocycles. The Morgan fingerprint density at radius 3 is 2.85 bits per heavy atom. The van der Waals surface area contributed by atoms with Crippen LogP contribution >= 0.6 is 22.7 Å². The van der Waals surface area contributed by atoms with Crippen LogP contribution in [0.3, 0.4) is 0 Å². The SMILES string of the molecule is CCCCOC1CC(C(=O)Nc2nc(-c3sc(C(F)F)nc3C)cs2)C1. The summed E-state index contributed by atoms with van der Waals surface area (Å²) in [4.78, 5) is 21.1. The van der Waals surface area contributed by atoms with Gasteiger partial charge in [-0.3, -0.25) is 4.79 Å². The van der Waals surface area contributed by atoms with Gasteiger partial charge in [0.25, 0.3) is 6.43 Å². The van der Waals surface area contributed by atoms with Gasteiger partial charge in [0.2, 0.25) is 5.91 Å². The molecule has 0 atom stereocenters. The van der Waals surface area contributed by atoms with Crippen molar-refractivity contribution in [3.8, 4) is 10.6 Å². The van der Waals surface area contributed by atoms with Gasteiger partial charge in [0.05, 0.1) is 22.4 Å². The summed E-state index contributed by atoms with van der Waals surface area (Å²) < 4.78 is 31.2. The number of anilines is 1. The zero-order chi connectivity index (χ0) is 18.7. The van der Waals surface area contributed by atoms with E-state index >= 15 is 0 Å². The minimum Gasteiger partial charge on any atom is -0.378 e. The van der Waals surface area contributed by atoms with Crippen molar-refractivity contribution in [2.75, 3.05) is 11.9 Å². The number of nitrogens with one attached hydrogen (secondary N) is 1. The van der Waals surface area contributed by atoms with E-state index in [1.165, 1.54) is 11.3 Å². The number of amides is 1. The molecular formula is C17H21F2N3O2S2. The van der Waals surface area contributed by atoms with Gasteiger partial charge in [-0.25, -0.2) is 18.7 Å². The lowest BCUT2D eigenvalue weighted by atomic mass is 9.81. The fourth-order valence-electron chi connectivity index (χ4n) is 2.70. The summed E-state index contributed by atoms with van der Waals surface area (Å²) in [6, 6.07) is 0. The summed E-state index contributed by atoms with van der Waals surface area (Å²) in [5.41, 5.74) is 1.10. The van der Waals surface area contributed by atoms with Gasteiger partial charge in [-0.15, -0.1) is 22.7 Å². The molecule has 1 amide bonds. The highest BCUT2D eigenvalue weighted by Gasteiger charge is 2.35. The van der Waals surface area contributed by atoms with Crippen LogP contribution < -0.4 is 5.32 Å². The first-order valence-corrected chi connectivity index (χ1v) is 10.3. The molecule has 1 fully saturated rings. The highest BCUT2D eigenvalue weighted by molar-refractivity contribution is 7.17. The monoisotopic (exact) mass is 401 g/mol. The number of unbranched alkanes of at least 4 members (excludes halogenated alkanes) is 1. The van der Waals surface area contributed by atoms with Crippen molar-refractivity contribution in [2.45, 2.75) is 52.1 Å². The summed E-state index contributed by atoms with van der Waals surface area (Å²) in [6.07, 6.45) is 1.20. The second-order valence-corrected chi connectivity index (χ2v) is 8.20. The maximum absolute atomic E-state index is 12.8. The average Bonchev–Trinajstić information content (AvgIpc) is 3.15. The van der Waals surface area contributed by atoms with E-state index in [1.807, 2.05) is 0 Å². The molecule has 1 N–H and O–H groups in total. The van der Waals surface area contributed by atoms with Gasteiger partial charge in [-0.05, 0) is 26.2 Å². The summed E-state index contributed by atoms with van der Waals surface area (Å²) in [5, 5.41) is 4.84. The van der Waals surface area contributed by atoms with E-state index in [-0.39, 0.29) is 22.9 Å². The minimum atomic E-state index is -2.59. The molecular weight excluding hydrogens is 380 g/mol. The Labute approximate surface area is 158 Å². The molecule has 1 aliphatic rings. The topological polar surface area (TPSA) is 64.1 Å². The van der Waals surface area contributed by atoms with E-state index in [2.05, 4.69) is 22.2 Å². The molecule has 0 radical (unpaired) electrons. The largest absolute Gasteiger partial charge is 0.378 e. The number of halogens is 2. The number of nitrogens with zero attached hydrogens (tertiary/aromatic N) is 2. The van der Waals surface area contributed by atoms with Gasteiger partial charge in [-0.2, -0.15) is 0 Å². The summed E-state index contributed by atoms with van der Waals surface area (Å²) in [7, 11) is 0. The van der Waals surface area contributed by atoms with E-state index in [9.17, 15) is 13.6 Å². The van der Waals surface area contributed by atoms with Crippen LogP contribution in [0.25, 0.3) is 10.6 Å². The van der Waals surface area contributed by atoms with Crippen LogP contribution in [0.2, 0.25) is 0 Å². The van der Waals surface area contributed by atoms with Crippen molar-refractivity contribution in [2.24, 2.45) is 5.92 Å². The summed E-state index contributed by atoms with van der Waals surface area (Å²) >= 11 is 2.22. The highest BCUT2D eigenvalue weighted by Crippen LogP contribution is 2.36. The van der Waals surface area contributed by atoms with Crippen molar-refractivity contribution in [3.63, 3.8) is 0 Å². The summed E-state index contributed by atoms with van der Waals surface area (Å²) in [6.45, 7) is 4.55. The zero-order valence-corrected chi connectivity index (χ0v) is 16.3. The first-order chi connectivity index (χ1) is 12.5.